The molecule has 23 heteroatoms. The first kappa shape index (κ1) is 63.7. The lowest BCUT2D eigenvalue weighted by Gasteiger charge is -2.21. The number of hydrogen-bond donors (Lipinski definition) is 9. The highest BCUT2D eigenvalue weighted by Crippen LogP contribution is 2.14. The van der Waals surface area contributed by atoms with Crippen molar-refractivity contribution in [3.63, 3.8) is 0 Å². The summed E-state index contributed by atoms with van der Waals surface area (Å²) in [6, 6.07) is -3.62. The summed E-state index contributed by atoms with van der Waals surface area (Å²) in [4.78, 5) is 118. The lowest BCUT2D eigenvalue weighted by atomic mass is 10.0. The second kappa shape index (κ2) is 42.8. The molecule has 9 N–H and O–H groups in total. The molecule has 0 spiro atoms. The van der Waals surface area contributed by atoms with E-state index in [2.05, 4.69) is 26.6 Å². The van der Waals surface area contributed by atoms with E-state index in [0.29, 0.717) is 6.42 Å². The number of aliphatic carboxylic acids is 4. The van der Waals surface area contributed by atoms with Crippen molar-refractivity contribution in [2.45, 2.75) is 166 Å². The van der Waals surface area contributed by atoms with E-state index in [1.165, 1.54) is 39.0 Å². The molecule has 0 aliphatic rings. The molecule has 0 aliphatic carbocycles. The lowest BCUT2D eigenvalue weighted by molar-refractivity contribution is -0.142. The Kier molecular flexibility index (Phi) is 39.5. The van der Waals surface area contributed by atoms with Gasteiger partial charge in [-0.25, -0.2) is 4.79 Å². The minimum Gasteiger partial charge on any atom is -0.481 e. The predicted octanol–water partition coefficient (Wildman–Crippen LogP) is 2.25. The first-order valence-electron chi connectivity index (χ1n) is 24.1. The predicted molar refractivity (Wildman–Crippen MR) is 248 cm³/mol. The molecule has 0 heterocycles. The average molecular weight is 990 g/mol. The van der Waals surface area contributed by atoms with Gasteiger partial charge in [-0.2, -0.15) is 0 Å². The Morgan fingerprint density at radius 2 is 0.768 bits per heavy atom. The van der Waals surface area contributed by atoms with Crippen molar-refractivity contribution in [2.24, 2.45) is 0 Å². The van der Waals surface area contributed by atoms with Gasteiger partial charge in [-0.1, -0.05) is 77.0 Å². The van der Waals surface area contributed by atoms with E-state index in [0.717, 1.165) is 51.4 Å². The number of carbonyl (C=O) groups excluding carboxylic acids is 6. The first-order valence-corrected chi connectivity index (χ1v) is 24.1. The summed E-state index contributed by atoms with van der Waals surface area (Å²) < 4.78 is 21.2. The van der Waals surface area contributed by atoms with Crippen molar-refractivity contribution >= 4 is 59.2 Å². The Morgan fingerprint density at radius 3 is 1.23 bits per heavy atom. The number of Topliss-reactive ketones (excluding diaryl/α,β-unsaturated/α-hetero) is 1. The SMILES string of the molecule is CC(=O)[C@H](CCC(=O)O)NC(=O)[C@H](CCC(=O)O)NC(=O)COCCOCCNC(=O)COCCOCCNC(=O)CCC(NC(=O)CCCCCCCCCCCCCCCCC(=O)O)C(=O)O. The quantitative estimate of drug-likeness (QED) is 0.0395. The minimum absolute atomic E-state index is 0.0279. The van der Waals surface area contributed by atoms with Crippen LogP contribution < -0.4 is 26.6 Å². The van der Waals surface area contributed by atoms with Gasteiger partial charge in [-0.05, 0) is 39.0 Å². The third kappa shape index (κ3) is 41.4. The molecule has 0 saturated carbocycles. The number of carbonyl (C=O) groups is 10. The standard InChI is InChI=1S/C46H79N5O18/c1-34(52)35(19-22-43(59)60)51-45(63)36(20-23-44(61)62)49-41(56)33-69-31-29-67-27-25-48-40(55)32-68-30-28-66-26-24-47-38(53)21-18-37(46(64)65)50-39(54)16-14-12-10-8-6-4-2-3-5-7-9-11-13-15-17-42(57)58/h35-37H,2-33H2,1H3,(H,47,53)(H,48,55)(H,49,56)(H,50,54)(H,51,63)(H,57,58)(H,59,60)(H,61,62)(H,64,65)/t35-,36-,37?/m0/s1. The average Bonchev–Trinajstić information content (AvgIpc) is 3.28. The maximum atomic E-state index is 12.7. The fraction of sp³-hybridized carbons (Fsp3) is 0.783. The molecule has 69 heavy (non-hydrogen) atoms. The zero-order valence-electron chi connectivity index (χ0n) is 40.4. The number of hydrogen-bond acceptors (Lipinski definition) is 14. The second-order valence-corrected chi connectivity index (χ2v) is 16.5. The third-order valence-corrected chi connectivity index (χ3v) is 10.4. The van der Waals surface area contributed by atoms with Gasteiger partial charge in [0.25, 0.3) is 0 Å². The highest BCUT2D eigenvalue weighted by atomic mass is 16.5. The van der Waals surface area contributed by atoms with Crippen LogP contribution in [0.25, 0.3) is 0 Å². The van der Waals surface area contributed by atoms with Crippen LogP contribution in [0.1, 0.15) is 148 Å². The first-order chi connectivity index (χ1) is 33.0. The number of amides is 5. The van der Waals surface area contributed by atoms with Gasteiger partial charge >= 0.3 is 23.9 Å². The van der Waals surface area contributed by atoms with E-state index >= 15 is 0 Å². The summed E-state index contributed by atoms with van der Waals surface area (Å²) in [7, 11) is 0. The van der Waals surface area contributed by atoms with Gasteiger partial charge in [0.1, 0.15) is 25.3 Å². The number of ketones is 1. The molecule has 0 rings (SSSR count). The summed E-state index contributed by atoms with van der Waals surface area (Å²) in [6.45, 7) is 1.28. The summed E-state index contributed by atoms with van der Waals surface area (Å²) in [5, 5.41) is 48.5. The normalized spacial score (nSPS) is 12.2. The van der Waals surface area contributed by atoms with Crippen molar-refractivity contribution in [2.75, 3.05) is 65.9 Å². The summed E-state index contributed by atoms with van der Waals surface area (Å²) in [5.41, 5.74) is 0. The number of rotatable bonds is 48. The number of unbranched alkanes of at least 4 members (excludes halogenated alkanes) is 13. The van der Waals surface area contributed by atoms with Gasteiger partial charge in [0, 0.05) is 45.2 Å². The Bertz CT molecular complexity index is 1530. The van der Waals surface area contributed by atoms with Crippen molar-refractivity contribution in [3.05, 3.63) is 0 Å². The fourth-order valence-corrected chi connectivity index (χ4v) is 6.61. The molecule has 0 saturated heterocycles. The number of nitrogens with one attached hydrogen (secondary N) is 5. The molecule has 0 aliphatic heterocycles. The summed E-state index contributed by atoms with van der Waals surface area (Å²) in [6.07, 6.45) is 13.8. The van der Waals surface area contributed by atoms with E-state index in [1.807, 2.05) is 0 Å². The fourth-order valence-electron chi connectivity index (χ4n) is 6.61. The third-order valence-electron chi connectivity index (χ3n) is 10.4. The molecule has 5 amide bonds. The van der Waals surface area contributed by atoms with Crippen LogP contribution in [0.2, 0.25) is 0 Å². The molecule has 0 fully saturated rings. The van der Waals surface area contributed by atoms with Gasteiger partial charge < -0.3 is 66.0 Å². The molecule has 396 valence electrons. The van der Waals surface area contributed by atoms with Crippen molar-refractivity contribution < 1.29 is 87.3 Å². The van der Waals surface area contributed by atoms with E-state index < -0.39 is 78.5 Å². The molecule has 0 aromatic rings. The maximum Gasteiger partial charge on any atom is 0.326 e. The van der Waals surface area contributed by atoms with Crippen molar-refractivity contribution in [1.82, 2.24) is 26.6 Å². The smallest absolute Gasteiger partial charge is 0.326 e. The molecule has 0 aromatic heterocycles. The van der Waals surface area contributed by atoms with Crippen LogP contribution >= 0.6 is 0 Å². The summed E-state index contributed by atoms with van der Waals surface area (Å²) >= 11 is 0. The number of ether oxygens (including phenoxy) is 4. The molecular formula is C46H79N5O18. The molecule has 0 bridgehead atoms. The van der Waals surface area contributed by atoms with Gasteiger partial charge in [0.2, 0.25) is 29.5 Å². The topological polar surface area (TPSA) is 349 Å². The van der Waals surface area contributed by atoms with Gasteiger partial charge in [0.05, 0.1) is 45.7 Å². The van der Waals surface area contributed by atoms with Crippen LogP contribution in [0.4, 0.5) is 0 Å². The van der Waals surface area contributed by atoms with E-state index in [4.69, 9.17) is 34.3 Å². The molecule has 0 radical (unpaired) electrons. The van der Waals surface area contributed by atoms with Crippen LogP contribution in [-0.2, 0) is 66.9 Å². The Balaban J connectivity index is 3.93. The van der Waals surface area contributed by atoms with Crippen LogP contribution in [0.15, 0.2) is 0 Å². The number of carboxylic acid groups (broad SMARTS) is 4. The van der Waals surface area contributed by atoms with Gasteiger partial charge in [0.15, 0.2) is 5.78 Å². The van der Waals surface area contributed by atoms with Crippen molar-refractivity contribution in [1.29, 1.82) is 0 Å². The summed E-state index contributed by atoms with van der Waals surface area (Å²) in [5.74, 6) is -7.57. The molecule has 3 atom stereocenters. The van der Waals surface area contributed by atoms with Crippen LogP contribution in [0, 0.1) is 0 Å². The Hall–Kier alpha value is -5.26. The molecular weight excluding hydrogens is 911 g/mol. The zero-order chi connectivity index (χ0) is 51.5. The van der Waals surface area contributed by atoms with E-state index in [1.54, 1.807) is 0 Å². The van der Waals surface area contributed by atoms with Crippen molar-refractivity contribution in [3.8, 4) is 0 Å². The highest BCUT2D eigenvalue weighted by Gasteiger charge is 2.26. The number of carboxylic acids is 4. The molecule has 1 unspecified atom stereocenters. The largest absolute Gasteiger partial charge is 0.481 e. The Labute approximate surface area is 404 Å². The molecule has 0 aromatic carbocycles. The van der Waals surface area contributed by atoms with Crippen LogP contribution in [0.5, 0.6) is 0 Å². The monoisotopic (exact) mass is 990 g/mol. The zero-order valence-corrected chi connectivity index (χ0v) is 40.4. The van der Waals surface area contributed by atoms with E-state index in [-0.39, 0.29) is 116 Å². The van der Waals surface area contributed by atoms with Crippen LogP contribution in [-0.4, -0.2) is 164 Å². The van der Waals surface area contributed by atoms with Gasteiger partial charge in [-0.3, -0.25) is 43.2 Å². The van der Waals surface area contributed by atoms with E-state index in [9.17, 15) is 53.1 Å². The highest BCUT2D eigenvalue weighted by molar-refractivity contribution is 5.92. The van der Waals surface area contributed by atoms with Gasteiger partial charge in [-0.15, -0.1) is 0 Å². The Morgan fingerprint density at radius 1 is 0.377 bits per heavy atom. The molecule has 23 nitrogen and oxygen atoms in total. The van der Waals surface area contributed by atoms with Crippen LogP contribution in [0.3, 0.4) is 0 Å². The second-order valence-electron chi connectivity index (χ2n) is 16.5. The maximum absolute atomic E-state index is 12.7. The minimum atomic E-state index is -1.32. The lowest BCUT2D eigenvalue weighted by Crippen LogP contribution is -2.52.